The minimum absolute atomic E-state index is 0.0380. The van der Waals surface area contributed by atoms with Crippen molar-refractivity contribution in [2.75, 3.05) is 46.5 Å². The molecule has 0 unspecified atom stereocenters. The number of morpholine rings is 1. The highest BCUT2D eigenvalue weighted by atomic mass is 16.5. The van der Waals surface area contributed by atoms with E-state index < -0.39 is 0 Å². The van der Waals surface area contributed by atoms with Crippen LogP contribution in [0, 0.1) is 6.92 Å². The van der Waals surface area contributed by atoms with Crippen LogP contribution in [0.1, 0.15) is 16.1 Å². The molecule has 0 aliphatic carbocycles. The highest BCUT2D eigenvalue weighted by molar-refractivity contribution is 5.97. The van der Waals surface area contributed by atoms with Crippen molar-refractivity contribution >= 4 is 5.91 Å². The first kappa shape index (κ1) is 21.2. The van der Waals surface area contributed by atoms with Crippen molar-refractivity contribution in [3.63, 3.8) is 0 Å². The smallest absolute Gasteiger partial charge is 0.253 e. The zero-order chi connectivity index (χ0) is 21.6. The van der Waals surface area contributed by atoms with E-state index in [2.05, 4.69) is 22.0 Å². The third-order valence-electron chi connectivity index (χ3n) is 5.84. The molecule has 0 atom stereocenters. The third-order valence-corrected chi connectivity index (χ3v) is 5.84. The molecule has 4 rings (SSSR count). The van der Waals surface area contributed by atoms with E-state index in [0.717, 1.165) is 61.2 Å². The van der Waals surface area contributed by atoms with Gasteiger partial charge in [0.25, 0.3) is 5.91 Å². The first-order chi connectivity index (χ1) is 15.2. The Balaban J connectivity index is 1.62. The molecule has 0 radical (unpaired) electrons. The molecule has 162 valence electrons. The number of amides is 1. The van der Waals surface area contributed by atoms with Crippen LogP contribution < -0.4 is 15.0 Å². The van der Waals surface area contributed by atoms with Crippen LogP contribution in [0.2, 0.25) is 0 Å². The van der Waals surface area contributed by atoms with Gasteiger partial charge in [-0.1, -0.05) is 30.3 Å². The predicted molar refractivity (Wildman–Crippen MR) is 121 cm³/mol. The third kappa shape index (κ3) is 4.81. The Labute approximate surface area is 183 Å². The normalized spacial score (nSPS) is 14.4. The molecule has 6 heteroatoms. The summed E-state index contributed by atoms with van der Waals surface area (Å²) in [7, 11) is 1.66. The van der Waals surface area contributed by atoms with Crippen LogP contribution in [0.3, 0.4) is 0 Å². The number of aromatic nitrogens is 1. The Morgan fingerprint density at radius 1 is 1.10 bits per heavy atom. The molecule has 2 aromatic carbocycles. The monoisotopic (exact) mass is 420 g/mol. The van der Waals surface area contributed by atoms with Crippen molar-refractivity contribution in [3.05, 3.63) is 71.9 Å². The summed E-state index contributed by atoms with van der Waals surface area (Å²) >= 11 is 0. The molecule has 6 nitrogen and oxygen atoms in total. The van der Waals surface area contributed by atoms with Gasteiger partial charge in [0, 0.05) is 16.9 Å². The second-order valence-electron chi connectivity index (χ2n) is 7.80. The van der Waals surface area contributed by atoms with Gasteiger partial charge in [-0.05, 0) is 37.3 Å². The molecular weight excluding hydrogens is 390 g/mol. The Bertz CT molecular complexity index is 1020. The van der Waals surface area contributed by atoms with Gasteiger partial charge in [0.2, 0.25) is 0 Å². The Kier molecular flexibility index (Phi) is 6.70. The van der Waals surface area contributed by atoms with E-state index in [1.165, 1.54) is 4.90 Å². The van der Waals surface area contributed by atoms with Gasteiger partial charge in [-0.3, -0.25) is 4.79 Å². The average molecular weight is 421 g/mol. The molecule has 1 aromatic heterocycles. The maximum absolute atomic E-state index is 13.1. The van der Waals surface area contributed by atoms with Crippen LogP contribution in [0.5, 0.6) is 5.75 Å². The van der Waals surface area contributed by atoms with Crippen molar-refractivity contribution in [1.82, 2.24) is 9.88 Å². The summed E-state index contributed by atoms with van der Waals surface area (Å²) in [6.45, 7) is 7.16. The zero-order valence-corrected chi connectivity index (χ0v) is 18.2. The number of para-hydroxylation sites is 1. The number of carbonyl (C=O) groups excluding carboxylic acids is 1. The quantitative estimate of drug-likeness (QED) is 0.616. The summed E-state index contributed by atoms with van der Waals surface area (Å²) in [5, 5.41) is 3.11. The second-order valence-corrected chi connectivity index (χ2v) is 7.80. The van der Waals surface area contributed by atoms with Crippen molar-refractivity contribution in [2.24, 2.45) is 0 Å². The number of hydrogen-bond acceptors (Lipinski definition) is 3. The van der Waals surface area contributed by atoms with E-state index in [1.54, 1.807) is 7.11 Å². The van der Waals surface area contributed by atoms with Crippen LogP contribution in [0.15, 0.2) is 60.7 Å². The zero-order valence-electron chi connectivity index (χ0n) is 18.2. The molecule has 3 aromatic rings. The number of benzene rings is 2. The average Bonchev–Trinajstić information content (AvgIpc) is 3.17. The van der Waals surface area contributed by atoms with Gasteiger partial charge in [-0.15, -0.1) is 0 Å². The van der Waals surface area contributed by atoms with Crippen LogP contribution in [-0.2, 0) is 4.74 Å². The molecule has 1 aliphatic rings. The molecule has 2 heterocycles. The number of quaternary nitrogens is 1. The van der Waals surface area contributed by atoms with Crippen LogP contribution >= 0.6 is 0 Å². The second kappa shape index (κ2) is 9.81. The van der Waals surface area contributed by atoms with E-state index in [1.807, 2.05) is 55.5 Å². The van der Waals surface area contributed by atoms with Crippen LogP contribution in [0.4, 0.5) is 0 Å². The number of rotatable bonds is 7. The van der Waals surface area contributed by atoms with Crippen LogP contribution in [0.25, 0.3) is 16.9 Å². The van der Waals surface area contributed by atoms with Gasteiger partial charge in [0.1, 0.15) is 18.8 Å². The van der Waals surface area contributed by atoms with Crippen molar-refractivity contribution in [2.45, 2.75) is 6.92 Å². The van der Waals surface area contributed by atoms with Gasteiger partial charge in [-0.2, -0.15) is 0 Å². The summed E-state index contributed by atoms with van der Waals surface area (Å²) in [6.07, 6.45) is 0. The molecule has 31 heavy (non-hydrogen) atoms. The maximum atomic E-state index is 13.1. The lowest BCUT2D eigenvalue weighted by Crippen LogP contribution is -3.14. The Morgan fingerprint density at radius 3 is 2.61 bits per heavy atom. The van der Waals surface area contributed by atoms with Gasteiger partial charge in [0.15, 0.2) is 0 Å². The highest BCUT2D eigenvalue weighted by Crippen LogP contribution is 2.31. The summed E-state index contributed by atoms with van der Waals surface area (Å²) in [5.41, 5.74) is 4.60. The minimum Gasteiger partial charge on any atom is -0.497 e. The largest absolute Gasteiger partial charge is 0.497 e. The molecule has 2 N–H and O–H groups in total. The summed E-state index contributed by atoms with van der Waals surface area (Å²) in [5.74, 6) is 0.749. The van der Waals surface area contributed by atoms with Crippen molar-refractivity contribution in [1.29, 1.82) is 0 Å². The highest BCUT2D eigenvalue weighted by Gasteiger charge is 2.20. The maximum Gasteiger partial charge on any atom is 0.253 e. The minimum atomic E-state index is -0.0380. The number of methoxy groups -OCH3 is 1. The number of ether oxygens (including phenoxy) is 2. The molecule has 1 fully saturated rings. The molecule has 0 spiro atoms. The number of carbonyl (C=O) groups is 1. The molecule has 1 saturated heterocycles. The number of nitrogens with one attached hydrogen (secondary N) is 2. The van der Waals surface area contributed by atoms with Gasteiger partial charge < -0.3 is 24.3 Å². The number of hydrogen-bond donors (Lipinski definition) is 2. The molecule has 0 saturated carbocycles. The fourth-order valence-electron chi connectivity index (χ4n) is 4.10. The van der Waals surface area contributed by atoms with E-state index in [9.17, 15) is 4.79 Å². The van der Waals surface area contributed by atoms with E-state index in [-0.39, 0.29) is 5.91 Å². The van der Waals surface area contributed by atoms with Crippen LogP contribution in [-0.4, -0.2) is 57.0 Å². The van der Waals surface area contributed by atoms with Gasteiger partial charge in [0.05, 0.1) is 44.7 Å². The molecule has 1 aliphatic heterocycles. The summed E-state index contributed by atoms with van der Waals surface area (Å²) in [6, 6.07) is 20.0. The topological polar surface area (TPSA) is 56.9 Å². The lowest BCUT2D eigenvalue weighted by molar-refractivity contribution is -0.906. The fourth-order valence-corrected chi connectivity index (χ4v) is 4.10. The molecule has 1 amide bonds. The lowest BCUT2D eigenvalue weighted by Gasteiger charge is -2.23. The Morgan fingerprint density at radius 2 is 1.87 bits per heavy atom. The van der Waals surface area contributed by atoms with E-state index >= 15 is 0 Å². The predicted octanol–water partition coefficient (Wildman–Crippen LogP) is 2.11. The fraction of sp³-hybridized carbons (Fsp3) is 0.320. The van der Waals surface area contributed by atoms with Gasteiger partial charge >= 0.3 is 0 Å². The van der Waals surface area contributed by atoms with Crippen molar-refractivity contribution in [3.8, 4) is 22.7 Å². The number of nitrogens with zero attached hydrogens (tertiary/aromatic N) is 1. The summed E-state index contributed by atoms with van der Waals surface area (Å²) in [4.78, 5) is 14.5. The van der Waals surface area contributed by atoms with E-state index in [4.69, 9.17) is 9.47 Å². The molecule has 0 bridgehead atoms. The Hall–Kier alpha value is -3.09. The summed E-state index contributed by atoms with van der Waals surface area (Å²) < 4.78 is 13.0. The van der Waals surface area contributed by atoms with E-state index in [0.29, 0.717) is 12.1 Å². The lowest BCUT2D eigenvalue weighted by atomic mass is 10.1. The molecular formula is C25H30N3O3+. The SMILES string of the molecule is COc1cccc(-c2cc(C(=O)NCC[NH+]3CCOCC3)c(C)n2-c2ccccc2)c1. The van der Waals surface area contributed by atoms with Gasteiger partial charge in [-0.25, -0.2) is 0 Å². The standard InChI is InChI=1S/C25H29N3O3/c1-19-23(25(29)26-11-12-27-13-15-31-16-14-27)18-24(20-7-6-10-22(17-20)30-2)28(19)21-8-4-3-5-9-21/h3-10,17-18H,11-16H2,1-2H3,(H,26,29)/p+1. The first-order valence-corrected chi connectivity index (χ1v) is 10.8. The van der Waals surface area contributed by atoms with Crippen molar-refractivity contribution < 1.29 is 19.2 Å². The first-order valence-electron chi connectivity index (χ1n) is 10.8.